The number of aromatic nitrogens is 1. The van der Waals surface area contributed by atoms with E-state index in [1.54, 1.807) is 0 Å². The van der Waals surface area contributed by atoms with Crippen LogP contribution in [0.4, 0.5) is 28.9 Å². The number of nitrogens with zero attached hydrogens (tertiary/aromatic N) is 2. The average Bonchev–Trinajstić information content (AvgIpc) is 2.97. The second-order valence-electron chi connectivity index (χ2n) is 8.85. The molecule has 1 heterocycles. The molecule has 0 bridgehead atoms. The first-order valence-corrected chi connectivity index (χ1v) is 12.9. The summed E-state index contributed by atoms with van der Waals surface area (Å²) in [6.07, 6.45) is 1.20. The summed E-state index contributed by atoms with van der Waals surface area (Å²) in [5, 5.41) is 2.87. The minimum Gasteiger partial charge on any atom is -0.477 e. The maximum absolute atomic E-state index is 13.9. The molecule has 0 unspecified atom stereocenters. The van der Waals surface area contributed by atoms with Crippen molar-refractivity contribution < 1.29 is 46.2 Å². The molecule has 1 atom stereocenters. The van der Waals surface area contributed by atoms with Crippen LogP contribution in [-0.2, 0) is 19.1 Å². The van der Waals surface area contributed by atoms with Gasteiger partial charge in [-0.2, -0.15) is 8.78 Å². The second kappa shape index (κ2) is 14.4. The summed E-state index contributed by atoms with van der Waals surface area (Å²) >= 11 is 5.94. The Bertz CT molecular complexity index is 1640. The van der Waals surface area contributed by atoms with Crippen molar-refractivity contribution in [3.05, 3.63) is 86.8 Å². The van der Waals surface area contributed by atoms with Gasteiger partial charge in [-0.25, -0.2) is 13.8 Å². The highest BCUT2D eigenvalue weighted by atomic mass is 35.5. The van der Waals surface area contributed by atoms with Crippen LogP contribution in [0.5, 0.6) is 5.75 Å². The fourth-order valence-corrected chi connectivity index (χ4v) is 3.72. The Labute approximate surface area is 251 Å². The number of hydrogen-bond donors (Lipinski definition) is 3. The molecule has 1 aromatic heterocycles. The molecule has 3 aromatic rings. The van der Waals surface area contributed by atoms with E-state index >= 15 is 0 Å². The molecule has 17 heteroatoms. The molecule has 0 aliphatic heterocycles. The first-order chi connectivity index (χ1) is 20.7. The van der Waals surface area contributed by atoms with Crippen LogP contribution >= 0.6 is 11.6 Å². The molecule has 44 heavy (non-hydrogen) atoms. The fraction of sp³-hybridized carbons (Fsp3) is 0.222. The van der Waals surface area contributed by atoms with E-state index in [1.807, 2.05) is 0 Å². The van der Waals surface area contributed by atoms with Gasteiger partial charge in [-0.3, -0.25) is 29.4 Å². The normalized spacial score (nSPS) is 11.3. The molecule has 12 nitrogen and oxygen atoms in total. The van der Waals surface area contributed by atoms with Gasteiger partial charge in [0.1, 0.15) is 18.3 Å². The number of rotatable bonds is 10. The Kier molecular flexibility index (Phi) is 10.9. The maximum Gasteiger partial charge on any atom is 0.327 e. The molecule has 3 rings (SSSR count). The van der Waals surface area contributed by atoms with Crippen molar-refractivity contribution in [3.8, 4) is 5.75 Å². The van der Waals surface area contributed by atoms with Crippen molar-refractivity contribution in [1.29, 1.82) is 0 Å². The lowest BCUT2D eigenvalue weighted by molar-refractivity contribution is -0.154. The zero-order chi connectivity index (χ0) is 32.7. The number of benzene rings is 2. The molecular formula is C27H24ClF4N5O7. The van der Waals surface area contributed by atoms with Crippen molar-refractivity contribution in [3.63, 3.8) is 0 Å². The van der Waals surface area contributed by atoms with Crippen molar-refractivity contribution in [1.82, 2.24) is 15.0 Å². The van der Waals surface area contributed by atoms with Gasteiger partial charge < -0.3 is 25.1 Å². The summed E-state index contributed by atoms with van der Waals surface area (Å²) in [7, 11) is 0. The molecule has 0 aliphatic carbocycles. The molecule has 0 fully saturated rings. The van der Waals surface area contributed by atoms with Crippen LogP contribution in [0.1, 0.15) is 30.2 Å². The van der Waals surface area contributed by atoms with Crippen molar-refractivity contribution in [2.24, 2.45) is 0 Å². The lowest BCUT2D eigenvalue weighted by Crippen LogP contribution is -2.52. The number of halogens is 5. The van der Waals surface area contributed by atoms with Crippen molar-refractivity contribution >= 4 is 46.7 Å². The number of nitrogen functional groups attached to an aromatic ring is 1. The highest BCUT2D eigenvalue weighted by Gasteiger charge is 2.27. The third kappa shape index (κ3) is 7.83. The van der Waals surface area contributed by atoms with Crippen LogP contribution in [0.15, 0.2) is 47.4 Å². The standard InChI is InChI=1S/C27H24ClF4N5O7/c1-3-43-21(39)11-37(20(38)12-44-24-22(31)16(29)10-17(30)23(24)32)35-25(40)13(2)36-8-4-5-19(27(36)42)34-26(41)14-6-7-18(33)15(28)9-14/h4-10,13H,3,11-12,33H2,1-2H3,(H,34,41)(H,35,40)/t13-/m1/s1. The van der Waals surface area contributed by atoms with Crippen LogP contribution < -0.4 is 26.8 Å². The van der Waals surface area contributed by atoms with Crippen LogP contribution in [0.3, 0.4) is 0 Å². The molecule has 3 amide bonds. The number of nitrogens with one attached hydrogen (secondary N) is 2. The molecule has 0 saturated heterocycles. The molecule has 4 N–H and O–H groups in total. The molecule has 0 saturated carbocycles. The Hall–Kier alpha value is -5.12. The Balaban J connectivity index is 1.79. The zero-order valence-electron chi connectivity index (χ0n) is 23.0. The predicted octanol–water partition coefficient (Wildman–Crippen LogP) is 2.96. The second-order valence-corrected chi connectivity index (χ2v) is 9.25. The van der Waals surface area contributed by atoms with E-state index in [4.69, 9.17) is 22.1 Å². The van der Waals surface area contributed by atoms with Gasteiger partial charge in [0.15, 0.2) is 24.0 Å². The number of nitrogens with two attached hydrogens (primary N) is 1. The maximum atomic E-state index is 13.9. The number of ether oxygens (including phenoxy) is 2. The van der Waals surface area contributed by atoms with Gasteiger partial charge in [-0.05, 0) is 44.2 Å². The van der Waals surface area contributed by atoms with Gasteiger partial charge in [-0.15, -0.1) is 0 Å². The minimum atomic E-state index is -1.92. The lowest BCUT2D eigenvalue weighted by Gasteiger charge is -2.25. The molecule has 0 aliphatic rings. The monoisotopic (exact) mass is 641 g/mol. The average molecular weight is 642 g/mol. The summed E-state index contributed by atoms with van der Waals surface area (Å²) < 4.78 is 65.1. The number of esters is 1. The van der Waals surface area contributed by atoms with E-state index in [2.05, 4.69) is 15.5 Å². The van der Waals surface area contributed by atoms with Gasteiger partial charge >= 0.3 is 5.97 Å². The summed E-state index contributed by atoms with van der Waals surface area (Å²) in [6.45, 7) is 0.370. The molecular weight excluding hydrogens is 618 g/mol. The largest absolute Gasteiger partial charge is 0.477 e. The lowest BCUT2D eigenvalue weighted by atomic mass is 10.2. The minimum absolute atomic E-state index is 0.0655. The number of carbonyl (C=O) groups excluding carboxylic acids is 4. The van der Waals surface area contributed by atoms with Crippen molar-refractivity contribution in [2.75, 3.05) is 30.8 Å². The van der Waals surface area contributed by atoms with Gasteiger partial charge in [-0.1, -0.05) is 11.6 Å². The SMILES string of the molecule is CCOC(=O)CN(NC(=O)[C@@H](C)n1cccc(NC(=O)c2ccc(N)c(Cl)c2)c1=O)C(=O)COc1c(F)c(F)cc(F)c1F. The van der Waals surface area contributed by atoms with Gasteiger partial charge in [0.25, 0.3) is 23.3 Å². The van der Waals surface area contributed by atoms with E-state index in [9.17, 15) is 41.5 Å². The van der Waals surface area contributed by atoms with Crippen LogP contribution in [0.2, 0.25) is 5.02 Å². The quantitative estimate of drug-likeness (QED) is 0.100. The van der Waals surface area contributed by atoms with Crippen LogP contribution in [0, 0.1) is 23.3 Å². The molecule has 2 aromatic carbocycles. The summed E-state index contributed by atoms with van der Waals surface area (Å²) in [6, 6.07) is 5.22. The summed E-state index contributed by atoms with van der Waals surface area (Å²) in [5.74, 6) is -13.0. The fourth-order valence-electron chi connectivity index (χ4n) is 3.54. The highest BCUT2D eigenvalue weighted by Crippen LogP contribution is 2.26. The third-order valence-electron chi connectivity index (χ3n) is 5.83. The number of amides is 3. The Morgan fingerprint density at radius 3 is 2.34 bits per heavy atom. The molecule has 0 radical (unpaired) electrons. The number of anilines is 2. The Morgan fingerprint density at radius 1 is 1.07 bits per heavy atom. The van der Waals surface area contributed by atoms with E-state index in [1.165, 1.54) is 50.4 Å². The van der Waals surface area contributed by atoms with E-state index in [0.717, 1.165) is 4.57 Å². The number of hydrogen-bond acceptors (Lipinski definition) is 8. The van der Waals surface area contributed by atoms with E-state index in [-0.39, 0.29) is 34.6 Å². The summed E-state index contributed by atoms with van der Waals surface area (Å²) in [4.78, 5) is 63.6. The first kappa shape index (κ1) is 33.4. The number of carbonyl (C=O) groups is 4. The van der Waals surface area contributed by atoms with Crippen LogP contribution in [0.25, 0.3) is 0 Å². The topological polar surface area (TPSA) is 162 Å². The van der Waals surface area contributed by atoms with Gasteiger partial charge in [0.2, 0.25) is 11.6 Å². The van der Waals surface area contributed by atoms with Gasteiger partial charge in [0, 0.05) is 17.8 Å². The zero-order valence-corrected chi connectivity index (χ0v) is 23.7. The third-order valence-corrected chi connectivity index (χ3v) is 6.16. The van der Waals surface area contributed by atoms with E-state index in [0.29, 0.717) is 5.01 Å². The van der Waals surface area contributed by atoms with Crippen LogP contribution in [-0.4, -0.2) is 53.0 Å². The van der Waals surface area contributed by atoms with E-state index < -0.39 is 77.5 Å². The highest BCUT2D eigenvalue weighted by molar-refractivity contribution is 6.33. The number of hydrazine groups is 1. The first-order valence-electron chi connectivity index (χ1n) is 12.5. The number of pyridine rings is 1. The van der Waals surface area contributed by atoms with Crippen molar-refractivity contribution in [2.45, 2.75) is 19.9 Å². The Morgan fingerprint density at radius 2 is 1.73 bits per heavy atom. The summed E-state index contributed by atoms with van der Waals surface area (Å²) in [5.41, 5.74) is 6.96. The predicted molar refractivity (Wildman–Crippen MR) is 147 cm³/mol. The smallest absolute Gasteiger partial charge is 0.327 e. The molecule has 0 spiro atoms. The molecule has 234 valence electrons. The van der Waals surface area contributed by atoms with Gasteiger partial charge in [0.05, 0.1) is 17.3 Å².